The summed E-state index contributed by atoms with van der Waals surface area (Å²) >= 11 is 0. The van der Waals surface area contributed by atoms with Crippen LogP contribution in [-0.4, -0.2) is 22.6 Å². The molecule has 4 nitrogen and oxygen atoms in total. The summed E-state index contributed by atoms with van der Waals surface area (Å²) in [5.74, 6) is 2.44. The Balaban J connectivity index is 2.38. The van der Waals surface area contributed by atoms with Crippen molar-refractivity contribution < 1.29 is 0 Å². The summed E-state index contributed by atoms with van der Waals surface area (Å²) in [6, 6.07) is 0.597. The maximum Gasteiger partial charge on any atom is 0.137 e. The fourth-order valence-corrected chi connectivity index (χ4v) is 2.80. The van der Waals surface area contributed by atoms with Crippen LogP contribution < -0.4 is 10.6 Å². The van der Waals surface area contributed by atoms with Crippen LogP contribution in [0, 0.1) is 13.8 Å². The van der Waals surface area contributed by atoms with Crippen molar-refractivity contribution in [2.45, 2.75) is 58.9 Å². The van der Waals surface area contributed by atoms with Crippen LogP contribution in [0.5, 0.6) is 0 Å². The zero-order chi connectivity index (χ0) is 13.1. The van der Waals surface area contributed by atoms with Crippen LogP contribution in [0.1, 0.15) is 50.4 Å². The van der Waals surface area contributed by atoms with Crippen LogP contribution in [0.15, 0.2) is 0 Å². The summed E-state index contributed by atoms with van der Waals surface area (Å²) in [5.41, 5.74) is 7.00. The minimum atomic E-state index is 0.597. The number of anilines is 2. The van der Waals surface area contributed by atoms with E-state index in [4.69, 9.17) is 5.73 Å². The SMILES string of the molecule is CCC1CCCCCN1c1nc(C)nc(N)c1C. The summed E-state index contributed by atoms with van der Waals surface area (Å²) in [4.78, 5) is 11.3. The Labute approximate surface area is 110 Å². The van der Waals surface area contributed by atoms with Crippen LogP contribution in [-0.2, 0) is 0 Å². The third kappa shape index (κ3) is 2.57. The molecule has 1 fully saturated rings. The Hall–Kier alpha value is -1.32. The van der Waals surface area contributed by atoms with Gasteiger partial charge in [0.25, 0.3) is 0 Å². The number of nitrogens with two attached hydrogens (primary N) is 1. The van der Waals surface area contributed by atoms with Crippen molar-refractivity contribution >= 4 is 11.6 Å². The predicted octanol–water partition coefficient (Wildman–Crippen LogP) is 2.83. The maximum absolute atomic E-state index is 5.98. The number of aromatic nitrogens is 2. The average molecular weight is 248 g/mol. The molecule has 0 radical (unpaired) electrons. The first kappa shape index (κ1) is 13.1. The number of nitrogen functional groups attached to an aromatic ring is 1. The lowest BCUT2D eigenvalue weighted by Crippen LogP contribution is -2.36. The highest BCUT2D eigenvalue weighted by molar-refractivity contribution is 5.57. The van der Waals surface area contributed by atoms with Gasteiger partial charge in [0, 0.05) is 18.2 Å². The number of aryl methyl sites for hydroxylation is 1. The average Bonchev–Trinajstić information content (AvgIpc) is 2.58. The molecule has 1 atom stereocenters. The second-order valence-electron chi connectivity index (χ2n) is 5.21. The number of nitrogens with zero attached hydrogens (tertiary/aromatic N) is 3. The normalized spacial score (nSPS) is 20.8. The zero-order valence-electron chi connectivity index (χ0n) is 11.7. The van der Waals surface area contributed by atoms with E-state index in [1.807, 2.05) is 13.8 Å². The summed E-state index contributed by atoms with van der Waals surface area (Å²) in [6.45, 7) is 7.30. The van der Waals surface area contributed by atoms with E-state index < -0.39 is 0 Å². The van der Waals surface area contributed by atoms with Crippen LogP contribution in [0.2, 0.25) is 0 Å². The third-order valence-electron chi connectivity index (χ3n) is 3.89. The highest BCUT2D eigenvalue weighted by atomic mass is 15.2. The molecule has 1 saturated heterocycles. The summed E-state index contributed by atoms with van der Waals surface area (Å²) < 4.78 is 0. The Bertz CT molecular complexity index is 417. The molecule has 1 aromatic heterocycles. The molecule has 0 bridgehead atoms. The van der Waals surface area contributed by atoms with Crippen LogP contribution in [0.25, 0.3) is 0 Å². The topological polar surface area (TPSA) is 55.0 Å². The molecule has 1 aromatic rings. The first-order valence-corrected chi connectivity index (χ1v) is 7.00. The van der Waals surface area contributed by atoms with Crippen molar-refractivity contribution in [1.29, 1.82) is 0 Å². The van der Waals surface area contributed by atoms with Gasteiger partial charge in [-0.2, -0.15) is 0 Å². The fourth-order valence-electron chi connectivity index (χ4n) is 2.80. The Morgan fingerprint density at radius 3 is 2.72 bits per heavy atom. The van der Waals surface area contributed by atoms with Crippen molar-refractivity contribution in [1.82, 2.24) is 9.97 Å². The lowest BCUT2D eigenvalue weighted by molar-refractivity contribution is 0.550. The second kappa shape index (κ2) is 5.55. The number of rotatable bonds is 2. The molecule has 1 aliphatic rings. The van der Waals surface area contributed by atoms with Crippen LogP contribution in [0.4, 0.5) is 11.6 Å². The maximum atomic E-state index is 5.98. The number of hydrogen-bond acceptors (Lipinski definition) is 4. The molecule has 0 amide bonds. The van der Waals surface area contributed by atoms with E-state index in [9.17, 15) is 0 Å². The summed E-state index contributed by atoms with van der Waals surface area (Å²) in [6.07, 6.45) is 6.33. The molecule has 0 aliphatic carbocycles. The molecule has 1 unspecified atom stereocenters. The van der Waals surface area contributed by atoms with Gasteiger partial charge in [-0.3, -0.25) is 0 Å². The minimum absolute atomic E-state index is 0.597. The minimum Gasteiger partial charge on any atom is -0.383 e. The van der Waals surface area contributed by atoms with Gasteiger partial charge in [0.2, 0.25) is 0 Å². The van der Waals surface area contributed by atoms with Gasteiger partial charge >= 0.3 is 0 Å². The van der Waals surface area contributed by atoms with Gasteiger partial charge < -0.3 is 10.6 Å². The van der Waals surface area contributed by atoms with E-state index in [1.165, 1.54) is 32.1 Å². The van der Waals surface area contributed by atoms with Gasteiger partial charge in [-0.15, -0.1) is 0 Å². The van der Waals surface area contributed by atoms with Crippen molar-refractivity contribution in [2.75, 3.05) is 17.2 Å². The summed E-state index contributed by atoms with van der Waals surface area (Å²) in [7, 11) is 0. The standard InChI is InChI=1S/C14H24N4/c1-4-12-8-6-5-7-9-18(12)14-10(2)13(15)16-11(3)17-14/h12H,4-9H2,1-3H3,(H2,15,16,17). The molecular weight excluding hydrogens is 224 g/mol. The lowest BCUT2D eigenvalue weighted by Gasteiger charge is -2.31. The molecule has 0 saturated carbocycles. The molecule has 100 valence electrons. The van der Waals surface area contributed by atoms with Gasteiger partial charge in [0.15, 0.2) is 0 Å². The smallest absolute Gasteiger partial charge is 0.137 e. The molecule has 0 aromatic carbocycles. The van der Waals surface area contributed by atoms with Gasteiger partial charge in [0.1, 0.15) is 17.5 Å². The zero-order valence-corrected chi connectivity index (χ0v) is 11.7. The van der Waals surface area contributed by atoms with Gasteiger partial charge in [-0.1, -0.05) is 19.8 Å². The highest BCUT2D eigenvalue weighted by Gasteiger charge is 2.23. The molecule has 0 spiro atoms. The predicted molar refractivity (Wildman–Crippen MR) is 75.8 cm³/mol. The van der Waals surface area contributed by atoms with Gasteiger partial charge in [-0.05, 0) is 33.1 Å². The highest BCUT2D eigenvalue weighted by Crippen LogP contribution is 2.28. The van der Waals surface area contributed by atoms with E-state index in [0.717, 1.165) is 23.8 Å². The van der Waals surface area contributed by atoms with Gasteiger partial charge in [0.05, 0.1) is 0 Å². The molecule has 2 N–H and O–H groups in total. The monoisotopic (exact) mass is 248 g/mol. The molecule has 18 heavy (non-hydrogen) atoms. The quantitative estimate of drug-likeness (QED) is 0.874. The Morgan fingerprint density at radius 1 is 1.22 bits per heavy atom. The molecule has 4 heteroatoms. The summed E-state index contributed by atoms with van der Waals surface area (Å²) in [5, 5.41) is 0. The fraction of sp³-hybridized carbons (Fsp3) is 0.714. The van der Waals surface area contributed by atoms with Crippen molar-refractivity contribution in [3.8, 4) is 0 Å². The van der Waals surface area contributed by atoms with Crippen molar-refractivity contribution in [3.63, 3.8) is 0 Å². The molecular formula is C14H24N4. The van der Waals surface area contributed by atoms with Crippen molar-refractivity contribution in [2.24, 2.45) is 0 Å². The first-order valence-electron chi connectivity index (χ1n) is 7.00. The Morgan fingerprint density at radius 2 is 2.00 bits per heavy atom. The molecule has 1 aliphatic heterocycles. The van der Waals surface area contributed by atoms with E-state index >= 15 is 0 Å². The number of hydrogen-bond donors (Lipinski definition) is 1. The Kier molecular flexibility index (Phi) is 4.04. The van der Waals surface area contributed by atoms with E-state index in [2.05, 4.69) is 21.8 Å². The van der Waals surface area contributed by atoms with Crippen LogP contribution >= 0.6 is 0 Å². The molecule has 2 rings (SSSR count). The first-order chi connectivity index (χ1) is 8.63. The lowest BCUT2D eigenvalue weighted by atomic mass is 10.1. The van der Waals surface area contributed by atoms with Crippen LogP contribution in [0.3, 0.4) is 0 Å². The second-order valence-corrected chi connectivity index (χ2v) is 5.21. The van der Waals surface area contributed by atoms with Crippen molar-refractivity contribution in [3.05, 3.63) is 11.4 Å². The van der Waals surface area contributed by atoms with E-state index in [0.29, 0.717) is 11.9 Å². The third-order valence-corrected chi connectivity index (χ3v) is 3.89. The van der Waals surface area contributed by atoms with E-state index in [1.54, 1.807) is 0 Å². The van der Waals surface area contributed by atoms with E-state index in [-0.39, 0.29) is 0 Å². The van der Waals surface area contributed by atoms with Gasteiger partial charge in [-0.25, -0.2) is 9.97 Å². The molecule has 2 heterocycles. The largest absolute Gasteiger partial charge is 0.383 e.